The molecule has 0 aliphatic carbocycles. The minimum atomic E-state index is -0.503. The topological polar surface area (TPSA) is 66.7 Å². The van der Waals surface area contributed by atoms with Crippen molar-refractivity contribution in [1.29, 1.82) is 0 Å². The first-order valence-electron chi connectivity index (χ1n) is 9.69. The fraction of sp³-hybridized carbons (Fsp3) is 0.318. The molecule has 1 saturated heterocycles. The Hall–Kier alpha value is -2.86. The molecule has 1 aliphatic rings. The van der Waals surface area contributed by atoms with Gasteiger partial charge in [0.1, 0.15) is 11.2 Å². The number of para-hydroxylation sites is 1. The van der Waals surface area contributed by atoms with Gasteiger partial charge in [0.25, 0.3) is 0 Å². The number of aryl methyl sites for hydroxylation is 2. The molecule has 1 fully saturated rings. The Morgan fingerprint density at radius 2 is 1.90 bits per heavy atom. The van der Waals surface area contributed by atoms with E-state index in [4.69, 9.17) is 16.0 Å². The number of halogens is 1. The highest BCUT2D eigenvalue weighted by molar-refractivity contribution is 6.31. The minimum Gasteiger partial charge on any atom is -0.420 e. The van der Waals surface area contributed by atoms with Gasteiger partial charge in [-0.3, -0.25) is 4.79 Å². The van der Waals surface area contributed by atoms with Crippen molar-refractivity contribution in [3.8, 4) is 0 Å². The van der Waals surface area contributed by atoms with Gasteiger partial charge in [0.15, 0.2) is 5.58 Å². The second kappa shape index (κ2) is 8.25. The fourth-order valence-electron chi connectivity index (χ4n) is 3.67. The van der Waals surface area contributed by atoms with E-state index < -0.39 is 5.63 Å². The standard InChI is InChI=1S/C22H22ClN3O3/c1-15-4-2-3-5-19(15)25-10-12-26(13-11-25)21(27)9-7-17-22(28)29-20-8-6-16(23)14-18(20)24-17/h2-6,8,14H,7,9-13H2,1H3. The molecule has 0 saturated carbocycles. The van der Waals surface area contributed by atoms with Crippen molar-refractivity contribution in [3.05, 3.63) is 69.2 Å². The number of hydrogen-bond donors (Lipinski definition) is 0. The summed E-state index contributed by atoms with van der Waals surface area (Å²) in [6, 6.07) is 13.2. The van der Waals surface area contributed by atoms with Crippen LogP contribution in [0, 0.1) is 6.92 Å². The van der Waals surface area contributed by atoms with E-state index in [0.717, 1.165) is 13.1 Å². The molecule has 150 valence electrons. The lowest BCUT2D eigenvalue weighted by atomic mass is 10.1. The van der Waals surface area contributed by atoms with Crippen LogP contribution in [0.4, 0.5) is 5.69 Å². The molecule has 29 heavy (non-hydrogen) atoms. The van der Waals surface area contributed by atoms with Crippen molar-refractivity contribution in [2.75, 3.05) is 31.1 Å². The minimum absolute atomic E-state index is 0.0295. The van der Waals surface area contributed by atoms with Gasteiger partial charge in [0.05, 0.1) is 0 Å². The van der Waals surface area contributed by atoms with Crippen molar-refractivity contribution in [3.63, 3.8) is 0 Å². The summed E-state index contributed by atoms with van der Waals surface area (Å²) in [5.74, 6) is 0.0295. The third-order valence-electron chi connectivity index (χ3n) is 5.28. The van der Waals surface area contributed by atoms with Crippen LogP contribution in [0.2, 0.25) is 5.02 Å². The summed E-state index contributed by atoms with van der Waals surface area (Å²) in [6.07, 6.45) is 0.482. The lowest BCUT2D eigenvalue weighted by Gasteiger charge is -2.36. The molecule has 1 aliphatic heterocycles. The van der Waals surface area contributed by atoms with Gasteiger partial charge in [0.2, 0.25) is 5.91 Å². The second-order valence-corrected chi connectivity index (χ2v) is 7.65. The van der Waals surface area contributed by atoms with E-state index in [1.54, 1.807) is 18.2 Å². The SMILES string of the molecule is Cc1ccccc1N1CCN(C(=O)CCc2nc3cc(Cl)ccc3oc2=O)CC1. The zero-order chi connectivity index (χ0) is 20.4. The first-order valence-corrected chi connectivity index (χ1v) is 10.1. The van der Waals surface area contributed by atoms with Crippen LogP contribution in [-0.4, -0.2) is 42.0 Å². The Bertz CT molecular complexity index is 1100. The number of carbonyl (C=O) groups is 1. The summed E-state index contributed by atoms with van der Waals surface area (Å²) in [6.45, 7) is 5.03. The number of aromatic nitrogens is 1. The summed E-state index contributed by atoms with van der Waals surface area (Å²) in [4.78, 5) is 33.3. The van der Waals surface area contributed by atoms with Gasteiger partial charge in [-0.05, 0) is 36.8 Å². The fourth-order valence-corrected chi connectivity index (χ4v) is 3.84. The van der Waals surface area contributed by atoms with Crippen LogP contribution in [-0.2, 0) is 11.2 Å². The molecular formula is C22H22ClN3O3. The predicted octanol–water partition coefficient (Wildman–Crippen LogP) is 3.43. The Morgan fingerprint density at radius 3 is 2.66 bits per heavy atom. The lowest BCUT2D eigenvalue weighted by molar-refractivity contribution is -0.131. The molecule has 0 unspecified atom stereocenters. The van der Waals surface area contributed by atoms with E-state index in [1.165, 1.54) is 11.3 Å². The average molecular weight is 412 g/mol. The monoisotopic (exact) mass is 411 g/mol. The van der Waals surface area contributed by atoms with Crippen LogP contribution in [0.1, 0.15) is 17.7 Å². The second-order valence-electron chi connectivity index (χ2n) is 7.21. The van der Waals surface area contributed by atoms with E-state index in [1.807, 2.05) is 17.0 Å². The third kappa shape index (κ3) is 4.27. The van der Waals surface area contributed by atoms with Crippen LogP contribution >= 0.6 is 11.6 Å². The van der Waals surface area contributed by atoms with Gasteiger partial charge >= 0.3 is 5.63 Å². The van der Waals surface area contributed by atoms with Crippen molar-refractivity contribution in [1.82, 2.24) is 9.88 Å². The number of hydrogen-bond acceptors (Lipinski definition) is 5. The molecule has 1 aromatic heterocycles. The van der Waals surface area contributed by atoms with Gasteiger partial charge in [-0.1, -0.05) is 29.8 Å². The molecule has 0 atom stereocenters. The first kappa shape index (κ1) is 19.5. The number of rotatable bonds is 4. The average Bonchev–Trinajstić information content (AvgIpc) is 2.73. The highest BCUT2D eigenvalue weighted by Crippen LogP contribution is 2.21. The maximum absolute atomic E-state index is 12.6. The van der Waals surface area contributed by atoms with Crippen LogP contribution < -0.4 is 10.5 Å². The van der Waals surface area contributed by atoms with E-state index in [-0.39, 0.29) is 24.4 Å². The summed E-state index contributed by atoms with van der Waals surface area (Å²) in [7, 11) is 0. The molecule has 6 nitrogen and oxygen atoms in total. The number of anilines is 1. The smallest absolute Gasteiger partial charge is 0.358 e. The number of fused-ring (bicyclic) bond motifs is 1. The maximum Gasteiger partial charge on any atom is 0.358 e. The molecule has 2 aromatic carbocycles. The molecule has 0 radical (unpaired) electrons. The maximum atomic E-state index is 12.6. The Balaban J connectivity index is 1.37. The Morgan fingerprint density at radius 1 is 1.14 bits per heavy atom. The number of carbonyl (C=O) groups excluding carboxylic acids is 1. The van der Waals surface area contributed by atoms with Gasteiger partial charge in [-0.2, -0.15) is 0 Å². The highest BCUT2D eigenvalue weighted by Gasteiger charge is 2.22. The molecule has 0 bridgehead atoms. The normalized spacial score (nSPS) is 14.4. The van der Waals surface area contributed by atoms with Gasteiger partial charge in [-0.25, -0.2) is 9.78 Å². The number of benzene rings is 2. The molecular weight excluding hydrogens is 390 g/mol. The Kier molecular flexibility index (Phi) is 5.53. The zero-order valence-electron chi connectivity index (χ0n) is 16.2. The predicted molar refractivity (Wildman–Crippen MR) is 114 cm³/mol. The van der Waals surface area contributed by atoms with Gasteiger partial charge in [0, 0.05) is 49.7 Å². The third-order valence-corrected chi connectivity index (χ3v) is 5.51. The lowest BCUT2D eigenvalue weighted by Crippen LogP contribution is -2.49. The van der Waals surface area contributed by atoms with Crippen LogP contribution in [0.25, 0.3) is 11.1 Å². The highest BCUT2D eigenvalue weighted by atomic mass is 35.5. The molecule has 0 spiro atoms. The van der Waals surface area contributed by atoms with Gasteiger partial charge in [-0.15, -0.1) is 0 Å². The Labute approximate surface area is 173 Å². The van der Waals surface area contributed by atoms with Crippen LogP contribution in [0.3, 0.4) is 0 Å². The number of piperazine rings is 1. The van der Waals surface area contributed by atoms with Crippen LogP contribution in [0.5, 0.6) is 0 Å². The van der Waals surface area contributed by atoms with Crippen LogP contribution in [0.15, 0.2) is 51.7 Å². The molecule has 2 heterocycles. The first-order chi connectivity index (χ1) is 14.0. The molecule has 7 heteroatoms. The summed E-state index contributed by atoms with van der Waals surface area (Å²) >= 11 is 5.98. The molecule has 0 N–H and O–H groups in total. The zero-order valence-corrected chi connectivity index (χ0v) is 17.0. The van der Waals surface area contributed by atoms with E-state index in [2.05, 4.69) is 28.9 Å². The van der Waals surface area contributed by atoms with Crippen molar-refractivity contribution in [2.45, 2.75) is 19.8 Å². The van der Waals surface area contributed by atoms with Crippen molar-refractivity contribution < 1.29 is 9.21 Å². The largest absolute Gasteiger partial charge is 0.420 e. The summed E-state index contributed by atoms with van der Waals surface area (Å²) in [5.41, 5.74) is 3.12. The number of amides is 1. The van der Waals surface area contributed by atoms with E-state index in [9.17, 15) is 9.59 Å². The van der Waals surface area contributed by atoms with Gasteiger partial charge < -0.3 is 14.2 Å². The van der Waals surface area contributed by atoms with Crippen molar-refractivity contribution >= 4 is 34.3 Å². The summed E-state index contributed by atoms with van der Waals surface area (Å²) < 4.78 is 5.29. The van der Waals surface area contributed by atoms with Crippen molar-refractivity contribution in [2.24, 2.45) is 0 Å². The number of nitrogens with zero attached hydrogens (tertiary/aromatic N) is 3. The van der Waals surface area contributed by atoms with E-state index in [0.29, 0.717) is 29.2 Å². The summed E-state index contributed by atoms with van der Waals surface area (Å²) in [5, 5.41) is 0.521. The molecule has 4 rings (SSSR count). The molecule has 1 amide bonds. The molecule has 3 aromatic rings. The van der Waals surface area contributed by atoms with E-state index >= 15 is 0 Å². The quantitative estimate of drug-likeness (QED) is 0.658.